The number of benzene rings is 2. The van der Waals surface area contributed by atoms with Gasteiger partial charge < -0.3 is 9.80 Å². The van der Waals surface area contributed by atoms with Crippen molar-refractivity contribution in [2.24, 2.45) is 0 Å². The molecule has 1 atom stereocenters. The maximum atomic E-state index is 12.9. The second kappa shape index (κ2) is 7.56. The third-order valence-corrected chi connectivity index (χ3v) is 7.54. The number of carbonyl (C=O) groups is 1. The second-order valence-electron chi connectivity index (χ2n) is 7.41. The summed E-state index contributed by atoms with van der Waals surface area (Å²) >= 11 is 0. The molecule has 1 saturated heterocycles. The predicted molar refractivity (Wildman–Crippen MR) is 109 cm³/mol. The molecular formula is C21H25N3O3S. The number of anilines is 1. The fraction of sp³-hybridized carbons (Fsp3) is 0.381. The maximum absolute atomic E-state index is 12.9. The van der Waals surface area contributed by atoms with Crippen LogP contribution in [0, 0.1) is 0 Å². The quantitative estimate of drug-likeness (QED) is 0.789. The molecule has 1 unspecified atom stereocenters. The first kappa shape index (κ1) is 19.0. The molecule has 7 heteroatoms. The molecule has 0 radical (unpaired) electrons. The number of nitrogens with zero attached hydrogens (tertiary/aromatic N) is 3. The summed E-state index contributed by atoms with van der Waals surface area (Å²) in [5.74, 6) is 0.0558. The fourth-order valence-corrected chi connectivity index (χ4v) is 5.48. The van der Waals surface area contributed by atoms with Gasteiger partial charge in [0.15, 0.2) is 0 Å². The van der Waals surface area contributed by atoms with Crippen LogP contribution in [0.5, 0.6) is 0 Å². The third kappa shape index (κ3) is 3.52. The van der Waals surface area contributed by atoms with Crippen molar-refractivity contribution in [3.8, 4) is 0 Å². The van der Waals surface area contributed by atoms with Crippen LogP contribution in [0.25, 0.3) is 0 Å². The van der Waals surface area contributed by atoms with E-state index >= 15 is 0 Å². The molecule has 0 aliphatic carbocycles. The van der Waals surface area contributed by atoms with E-state index in [1.54, 1.807) is 35.2 Å². The molecule has 0 saturated carbocycles. The van der Waals surface area contributed by atoms with Crippen molar-refractivity contribution >= 4 is 21.6 Å². The van der Waals surface area contributed by atoms with Gasteiger partial charge >= 0.3 is 0 Å². The fourth-order valence-electron chi connectivity index (χ4n) is 4.04. The molecule has 2 aromatic rings. The number of hydrogen-bond acceptors (Lipinski definition) is 4. The van der Waals surface area contributed by atoms with Crippen molar-refractivity contribution in [3.05, 3.63) is 60.2 Å². The molecular weight excluding hydrogens is 374 g/mol. The largest absolute Gasteiger partial charge is 0.359 e. The molecule has 1 fully saturated rings. The van der Waals surface area contributed by atoms with Gasteiger partial charge in [0, 0.05) is 37.9 Å². The lowest BCUT2D eigenvalue weighted by Gasteiger charge is -2.35. The lowest BCUT2D eigenvalue weighted by Crippen LogP contribution is -2.53. The molecule has 148 valence electrons. The van der Waals surface area contributed by atoms with E-state index in [-0.39, 0.29) is 5.91 Å². The molecule has 2 aliphatic heterocycles. The summed E-state index contributed by atoms with van der Waals surface area (Å²) in [7, 11) is -3.50. The molecule has 28 heavy (non-hydrogen) atoms. The number of piperazine rings is 1. The summed E-state index contributed by atoms with van der Waals surface area (Å²) in [4.78, 5) is 17.1. The minimum Gasteiger partial charge on any atom is -0.359 e. The minimum atomic E-state index is -3.50. The molecule has 6 nitrogen and oxygen atoms in total. The van der Waals surface area contributed by atoms with Gasteiger partial charge in [0.2, 0.25) is 15.9 Å². The minimum absolute atomic E-state index is 0.0558. The van der Waals surface area contributed by atoms with Crippen LogP contribution in [0.4, 0.5) is 5.69 Å². The number of hydrogen-bond donors (Lipinski definition) is 0. The van der Waals surface area contributed by atoms with Gasteiger partial charge in [-0.25, -0.2) is 8.42 Å². The summed E-state index contributed by atoms with van der Waals surface area (Å²) in [5.41, 5.74) is 2.41. The molecule has 2 aromatic carbocycles. The Morgan fingerprint density at radius 2 is 1.61 bits per heavy atom. The van der Waals surface area contributed by atoms with Crippen LogP contribution in [-0.2, 0) is 21.2 Å². The van der Waals surface area contributed by atoms with Gasteiger partial charge in [-0.3, -0.25) is 4.79 Å². The van der Waals surface area contributed by atoms with E-state index < -0.39 is 10.0 Å². The van der Waals surface area contributed by atoms with Crippen molar-refractivity contribution in [2.75, 3.05) is 37.6 Å². The lowest BCUT2D eigenvalue weighted by molar-refractivity contribution is -0.130. The predicted octanol–water partition coefficient (Wildman–Crippen LogP) is 1.97. The first-order valence-corrected chi connectivity index (χ1v) is 11.1. The number of para-hydroxylation sites is 1. The normalized spacial score (nSPS) is 20.2. The third-order valence-electron chi connectivity index (χ3n) is 5.63. The van der Waals surface area contributed by atoms with Gasteiger partial charge in [-0.2, -0.15) is 4.31 Å². The molecule has 0 bridgehead atoms. The van der Waals surface area contributed by atoms with Crippen molar-refractivity contribution in [1.29, 1.82) is 0 Å². The maximum Gasteiger partial charge on any atom is 0.243 e. The number of carbonyl (C=O) groups excluding carboxylic acids is 1. The second-order valence-corrected chi connectivity index (χ2v) is 9.35. The van der Waals surface area contributed by atoms with E-state index in [1.807, 2.05) is 12.1 Å². The zero-order valence-corrected chi connectivity index (χ0v) is 16.8. The Morgan fingerprint density at radius 1 is 0.964 bits per heavy atom. The van der Waals surface area contributed by atoms with Crippen molar-refractivity contribution in [1.82, 2.24) is 9.21 Å². The Kier molecular flexibility index (Phi) is 5.12. The molecule has 2 heterocycles. The van der Waals surface area contributed by atoms with Gasteiger partial charge in [-0.1, -0.05) is 36.4 Å². The molecule has 2 aliphatic rings. The molecule has 4 rings (SSSR count). The summed E-state index contributed by atoms with van der Waals surface area (Å²) in [6, 6.07) is 17.0. The Labute approximate surface area is 166 Å². The van der Waals surface area contributed by atoms with Crippen molar-refractivity contribution < 1.29 is 13.2 Å². The molecule has 0 aromatic heterocycles. The van der Waals surface area contributed by atoms with Gasteiger partial charge in [0.1, 0.15) is 0 Å². The monoisotopic (exact) mass is 399 g/mol. The molecule has 1 amide bonds. The average molecular weight is 400 g/mol. The summed E-state index contributed by atoms with van der Waals surface area (Å²) < 4.78 is 26.9. The van der Waals surface area contributed by atoms with Crippen LogP contribution in [0.2, 0.25) is 0 Å². The standard InChI is InChI=1S/C21H25N3O3S/c1-17-15-18-7-5-6-10-20(18)24(17)16-21(25)22-11-13-23(14-12-22)28(26,27)19-8-3-2-4-9-19/h2-10,17H,11-16H2,1H3. The van der Waals surface area contributed by atoms with E-state index in [0.29, 0.717) is 43.7 Å². The highest BCUT2D eigenvalue weighted by Gasteiger charge is 2.32. The number of rotatable bonds is 4. The Hall–Kier alpha value is -2.38. The zero-order valence-electron chi connectivity index (χ0n) is 16.0. The van der Waals surface area contributed by atoms with E-state index in [4.69, 9.17) is 0 Å². The van der Waals surface area contributed by atoms with E-state index in [0.717, 1.165) is 12.1 Å². The summed E-state index contributed by atoms with van der Waals surface area (Å²) in [6.45, 7) is 3.98. The molecule has 0 spiro atoms. The number of fused-ring (bicyclic) bond motifs is 1. The first-order chi connectivity index (χ1) is 13.5. The summed E-state index contributed by atoms with van der Waals surface area (Å²) in [6.07, 6.45) is 0.951. The van der Waals surface area contributed by atoms with Gasteiger partial charge in [0.25, 0.3) is 0 Å². The first-order valence-electron chi connectivity index (χ1n) is 9.64. The zero-order chi connectivity index (χ0) is 19.7. The van der Waals surface area contributed by atoms with Gasteiger partial charge in [0.05, 0.1) is 11.4 Å². The van der Waals surface area contributed by atoms with Gasteiger partial charge in [-0.05, 0) is 37.1 Å². The number of sulfonamides is 1. The highest BCUT2D eigenvalue weighted by atomic mass is 32.2. The molecule has 0 N–H and O–H groups in total. The van der Waals surface area contributed by atoms with E-state index in [2.05, 4.69) is 24.0 Å². The van der Waals surface area contributed by atoms with Crippen molar-refractivity contribution in [3.63, 3.8) is 0 Å². The lowest BCUT2D eigenvalue weighted by atomic mass is 10.1. The van der Waals surface area contributed by atoms with Crippen LogP contribution < -0.4 is 4.90 Å². The van der Waals surface area contributed by atoms with Crippen LogP contribution in [-0.4, -0.2) is 62.3 Å². The Balaban J connectivity index is 1.39. The van der Waals surface area contributed by atoms with Crippen LogP contribution in [0.1, 0.15) is 12.5 Å². The summed E-state index contributed by atoms with van der Waals surface area (Å²) in [5, 5.41) is 0. The highest BCUT2D eigenvalue weighted by molar-refractivity contribution is 7.89. The van der Waals surface area contributed by atoms with Crippen molar-refractivity contribution in [2.45, 2.75) is 24.3 Å². The number of amides is 1. The topological polar surface area (TPSA) is 60.9 Å². The van der Waals surface area contributed by atoms with Gasteiger partial charge in [-0.15, -0.1) is 0 Å². The van der Waals surface area contributed by atoms with Crippen LogP contribution >= 0.6 is 0 Å². The smallest absolute Gasteiger partial charge is 0.243 e. The Morgan fingerprint density at radius 3 is 2.32 bits per heavy atom. The SMILES string of the molecule is CC1Cc2ccccc2N1CC(=O)N1CCN(S(=O)(=O)c2ccccc2)CC1. The van der Waals surface area contributed by atoms with Crippen LogP contribution in [0.3, 0.4) is 0 Å². The van der Waals surface area contributed by atoms with Crippen LogP contribution in [0.15, 0.2) is 59.5 Å². The Bertz CT molecular complexity index is 954. The van der Waals surface area contributed by atoms with E-state index in [1.165, 1.54) is 9.87 Å². The highest BCUT2D eigenvalue weighted by Crippen LogP contribution is 2.31. The average Bonchev–Trinajstić information content (AvgIpc) is 3.04. The van der Waals surface area contributed by atoms with E-state index in [9.17, 15) is 13.2 Å².